The van der Waals surface area contributed by atoms with Gasteiger partial charge in [0.15, 0.2) is 0 Å². The predicted octanol–water partition coefficient (Wildman–Crippen LogP) is 4.23. The molecule has 5 nitrogen and oxygen atoms in total. The van der Waals surface area contributed by atoms with Crippen LogP contribution in [0.4, 0.5) is 16.2 Å². The average molecular weight is 378 g/mol. The Labute approximate surface area is 155 Å². The molecule has 3 amide bonds. The van der Waals surface area contributed by atoms with Crippen LogP contribution in [0.15, 0.2) is 42.5 Å². The van der Waals surface area contributed by atoms with Crippen molar-refractivity contribution in [1.29, 1.82) is 0 Å². The van der Waals surface area contributed by atoms with Crippen LogP contribution in [-0.4, -0.2) is 24.5 Å². The molecule has 0 aromatic heterocycles. The number of nitrogens with zero attached hydrogens (tertiary/aromatic N) is 1. The molecule has 1 heterocycles. The molecule has 3 rings (SSSR count). The van der Waals surface area contributed by atoms with E-state index in [0.717, 1.165) is 11.3 Å². The van der Waals surface area contributed by atoms with E-state index in [1.54, 1.807) is 35.2 Å². The number of benzene rings is 2. The number of hydrogen-bond acceptors (Lipinski definition) is 2. The lowest BCUT2D eigenvalue weighted by Crippen LogP contribution is -2.39. The number of hydrogen-bond donors (Lipinski definition) is 2. The molecule has 1 unspecified atom stereocenters. The summed E-state index contributed by atoms with van der Waals surface area (Å²) in [5.41, 5.74) is 2.27. The molecule has 1 atom stereocenters. The average Bonchev–Trinajstić information content (AvgIpc) is 2.91. The number of rotatable bonds is 3. The van der Waals surface area contributed by atoms with Gasteiger partial charge in [0.2, 0.25) is 5.91 Å². The molecule has 2 aromatic rings. The van der Waals surface area contributed by atoms with Gasteiger partial charge in [0.25, 0.3) is 0 Å². The van der Waals surface area contributed by atoms with Crippen molar-refractivity contribution in [2.45, 2.75) is 19.4 Å². The van der Waals surface area contributed by atoms with Crippen LogP contribution in [0.25, 0.3) is 0 Å². The van der Waals surface area contributed by atoms with E-state index in [2.05, 4.69) is 10.6 Å². The molecule has 0 spiro atoms. The second-order valence-corrected chi connectivity index (χ2v) is 6.82. The molecule has 7 heteroatoms. The van der Waals surface area contributed by atoms with Crippen molar-refractivity contribution >= 4 is 46.5 Å². The van der Waals surface area contributed by atoms with Crippen molar-refractivity contribution in [3.8, 4) is 0 Å². The Balaban J connectivity index is 1.63. The van der Waals surface area contributed by atoms with E-state index in [1.165, 1.54) is 0 Å². The zero-order chi connectivity index (χ0) is 18.0. The van der Waals surface area contributed by atoms with E-state index in [0.29, 0.717) is 22.3 Å². The molecular weight excluding hydrogens is 361 g/mol. The third kappa shape index (κ3) is 4.24. The topological polar surface area (TPSA) is 61.4 Å². The third-order valence-corrected chi connectivity index (χ3v) is 4.50. The molecule has 0 saturated carbocycles. The van der Waals surface area contributed by atoms with Crippen molar-refractivity contribution in [1.82, 2.24) is 5.32 Å². The first-order chi connectivity index (χ1) is 11.9. The summed E-state index contributed by atoms with van der Waals surface area (Å²) in [4.78, 5) is 26.1. The number of carbonyl (C=O) groups is 2. The van der Waals surface area contributed by atoms with Crippen LogP contribution in [0.1, 0.15) is 12.0 Å². The second-order valence-electron chi connectivity index (χ2n) is 5.94. The van der Waals surface area contributed by atoms with Crippen molar-refractivity contribution in [3.05, 3.63) is 58.1 Å². The number of aryl methyl sites for hydroxylation is 1. The van der Waals surface area contributed by atoms with Crippen LogP contribution >= 0.6 is 23.2 Å². The lowest BCUT2D eigenvalue weighted by atomic mass is 10.2. The maximum absolute atomic E-state index is 12.2. The molecule has 1 fully saturated rings. The van der Waals surface area contributed by atoms with Gasteiger partial charge in [-0.25, -0.2) is 4.79 Å². The van der Waals surface area contributed by atoms with E-state index in [9.17, 15) is 9.59 Å². The van der Waals surface area contributed by atoms with E-state index in [-0.39, 0.29) is 24.4 Å². The van der Waals surface area contributed by atoms with E-state index in [1.807, 2.05) is 19.1 Å². The van der Waals surface area contributed by atoms with Gasteiger partial charge in [-0.3, -0.25) is 4.79 Å². The molecule has 1 aliphatic heterocycles. The third-order valence-electron chi connectivity index (χ3n) is 4.03. The van der Waals surface area contributed by atoms with E-state index < -0.39 is 0 Å². The van der Waals surface area contributed by atoms with Gasteiger partial charge in [0.05, 0.1) is 6.04 Å². The Hall–Kier alpha value is -2.24. The summed E-state index contributed by atoms with van der Waals surface area (Å²) in [6, 6.07) is 11.7. The summed E-state index contributed by atoms with van der Waals surface area (Å²) >= 11 is 11.9. The molecule has 1 saturated heterocycles. The maximum atomic E-state index is 12.2. The summed E-state index contributed by atoms with van der Waals surface area (Å²) in [6.07, 6.45) is 0.245. The van der Waals surface area contributed by atoms with Gasteiger partial charge < -0.3 is 15.5 Å². The van der Waals surface area contributed by atoms with Crippen molar-refractivity contribution in [2.75, 3.05) is 16.8 Å². The zero-order valence-corrected chi connectivity index (χ0v) is 15.1. The number of urea groups is 1. The van der Waals surface area contributed by atoms with Gasteiger partial charge in [0, 0.05) is 34.4 Å². The monoisotopic (exact) mass is 377 g/mol. The number of anilines is 2. The van der Waals surface area contributed by atoms with Gasteiger partial charge in [-0.05, 0) is 42.8 Å². The molecule has 1 aliphatic rings. The fourth-order valence-electron chi connectivity index (χ4n) is 2.77. The minimum atomic E-state index is -0.365. The number of amides is 3. The number of nitrogens with one attached hydrogen (secondary N) is 2. The predicted molar refractivity (Wildman–Crippen MR) is 101 cm³/mol. The quantitative estimate of drug-likeness (QED) is 0.840. The van der Waals surface area contributed by atoms with Gasteiger partial charge in [-0.2, -0.15) is 0 Å². The van der Waals surface area contributed by atoms with Crippen molar-refractivity contribution < 1.29 is 9.59 Å². The molecule has 2 aromatic carbocycles. The molecule has 0 radical (unpaired) electrons. The standard InChI is InChI=1S/C18H17Cl2N3O2/c1-11-5-6-13(20)8-16(11)22-18(25)21-14-9-17(24)23(10-14)15-4-2-3-12(19)7-15/h2-8,14H,9-10H2,1H3,(H2,21,22,25). The van der Waals surface area contributed by atoms with Crippen LogP contribution in [0.2, 0.25) is 10.0 Å². The smallest absolute Gasteiger partial charge is 0.319 e. The Kier molecular flexibility index (Phi) is 5.16. The summed E-state index contributed by atoms with van der Waals surface area (Å²) in [5.74, 6) is -0.0495. The molecule has 2 N–H and O–H groups in total. The van der Waals surface area contributed by atoms with Crippen LogP contribution < -0.4 is 15.5 Å². The molecule has 25 heavy (non-hydrogen) atoms. The maximum Gasteiger partial charge on any atom is 0.319 e. The van der Waals surface area contributed by atoms with Crippen LogP contribution in [0, 0.1) is 6.92 Å². The fourth-order valence-corrected chi connectivity index (χ4v) is 3.13. The summed E-state index contributed by atoms with van der Waals surface area (Å²) in [7, 11) is 0. The van der Waals surface area contributed by atoms with Gasteiger partial charge in [-0.15, -0.1) is 0 Å². The molecule has 130 valence electrons. The molecule has 0 bridgehead atoms. The van der Waals surface area contributed by atoms with Crippen molar-refractivity contribution in [2.24, 2.45) is 0 Å². The summed E-state index contributed by atoms with van der Waals surface area (Å²) in [5, 5.41) is 6.71. The van der Waals surface area contributed by atoms with E-state index >= 15 is 0 Å². The highest BCUT2D eigenvalue weighted by molar-refractivity contribution is 6.31. The van der Waals surface area contributed by atoms with Crippen LogP contribution in [0.3, 0.4) is 0 Å². The second kappa shape index (κ2) is 7.33. The number of halogens is 2. The first-order valence-electron chi connectivity index (χ1n) is 7.82. The molecule has 0 aliphatic carbocycles. The van der Waals surface area contributed by atoms with Gasteiger partial charge in [-0.1, -0.05) is 35.3 Å². The SMILES string of the molecule is Cc1ccc(Cl)cc1NC(=O)NC1CC(=O)N(c2cccc(Cl)c2)C1. The first-order valence-corrected chi connectivity index (χ1v) is 8.57. The normalized spacial score (nSPS) is 16.8. The lowest BCUT2D eigenvalue weighted by Gasteiger charge is -2.18. The van der Waals surface area contributed by atoms with Gasteiger partial charge in [0.1, 0.15) is 0 Å². The highest BCUT2D eigenvalue weighted by Crippen LogP contribution is 2.25. The summed E-state index contributed by atoms with van der Waals surface area (Å²) in [6.45, 7) is 2.28. The number of carbonyl (C=O) groups excluding carboxylic acids is 2. The van der Waals surface area contributed by atoms with Crippen molar-refractivity contribution in [3.63, 3.8) is 0 Å². The molecular formula is C18H17Cl2N3O2. The minimum Gasteiger partial charge on any atom is -0.333 e. The minimum absolute atomic E-state index is 0.0495. The lowest BCUT2D eigenvalue weighted by molar-refractivity contribution is -0.117. The first kappa shape index (κ1) is 17.6. The zero-order valence-electron chi connectivity index (χ0n) is 13.6. The Morgan fingerprint density at radius 2 is 1.92 bits per heavy atom. The van der Waals surface area contributed by atoms with Crippen LogP contribution in [-0.2, 0) is 4.79 Å². The largest absolute Gasteiger partial charge is 0.333 e. The van der Waals surface area contributed by atoms with Gasteiger partial charge >= 0.3 is 6.03 Å². The Morgan fingerprint density at radius 1 is 1.16 bits per heavy atom. The Morgan fingerprint density at radius 3 is 2.68 bits per heavy atom. The highest BCUT2D eigenvalue weighted by atomic mass is 35.5. The summed E-state index contributed by atoms with van der Waals surface area (Å²) < 4.78 is 0. The highest BCUT2D eigenvalue weighted by Gasteiger charge is 2.31. The fraction of sp³-hybridized carbons (Fsp3) is 0.222. The Bertz CT molecular complexity index is 826. The van der Waals surface area contributed by atoms with Crippen LogP contribution in [0.5, 0.6) is 0 Å². The van der Waals surface area contributed by atoms with E-state index in [4.69, 9.17) is 23.2 Å².